The van der Waals surface area contributed by atoms with E-state index in [4.69, 9.17) is 0 Å². The lowest BCUT2D eigenvalue weighted by Crippen LogP contribution is -2.43. The quantitative estimate of drug-likeness (QED) is 0.827. The van der Waals surface area contributed by atoms with Crippen LogP contribution in [-0.2, 0) is 11.3 Å². The second-order valence-electron chi connectivity index (χ2n) is 5.60. The van der Waals surface area contributed by atoms with Crippen LogP contribution in [0.1, 0.15) is 37.5 Å². The number of hydrogen-bond acceptors (Lipinski definition) is 2. The summed E-state index contributed by atoms with van der Waals surface area (Å²) in [4.78, 5) is 11.8. The summed E-state index contributed by atoms with van der Waals surface area (Å²) < 4.78 is 0. The van der Waals surface area contributed by atoms with E-state index >= 15 is 0 Å². The van der Waals surface area contributed by atoms with Gasteiger partial charge in [-0.25, -0.2) is 0 Å². The topological polar surface area (TPSA) is 41.1 Å². The highest BCUT2D eigenvalue weighted by Crippen LogP contribution is 2.12. The molecule has 0 bridgehead atoms. The van der Waals surface area contributed by atoms with E-state index in [0.29, 0.717) is 5.92 Å². The maximum absolute atomic E-state index is 11.8. The van der Waals surface area contributed by atoms with Gasteiger partial charge in [0.1, 0.15) is 0 Å². The summed E-state index contributed by atoms with van der Waals surface area (Å²) >= 11 is 0. The maximum Gasteiger partial charge on any atom is 0.236 e. The van der Waals surface area contributed by atoms with Crippen molar-refractivity contribution in [2.75, 3.05) is 6.54 Å². The predicted octanol–water partition coefficient (Wildman–Crippen LogP) is 2.55. The number of carbonyl (C=O) groups excluding carboxylic acids is 1. The van der Waals surface area contributed by atoms with Gasteiger partial charge >= 0.3 is 0 Å². The van der Waals surface area contributed by atoms with Crippen LogP contribution in [0.2, 0.25) is 0 Å². The molecule has 19 heavy (non-hydrogen) atoms. The molecule has 0 aromatic heterocycles. The van der Waals surface area contributed by atoms with Crippen LogP contribution in [0.4, 0.5) is 0 Å². The van der Waals surface area contributed by atoms with Crippen molar-refractivity contribution in [3.05, 3.63) is 34.9 Å². The van der Waals surface area contributed by atoms with Gasteiger partial charge < -0.3 is 10.6 Å². The molecule has 1 aromatic rings. The Morgan fingerprint density at radius 2 is 1.89 bits per heavy atom. The van der Waals surface area contributed by atoms with Crippen molar-refractivity contribution in [3.8, 4) is 0 Å². The number of benzene rings is 1. The van der Waals surface area contributed by atoms with E-state index < -0.39 is 0 Å². The molecule has 0 aliphatic rings. The predicted molar refractivity (Wildman–Crippen MR) is 80.1 cm³/mol. The molecule has 1 unspecified atom stereocenters. The largest absolute Gasteiger partial charge is 0.354 e. The molecule has 1 amide bonds. The van der Waals surface area contributed by atoms with Gasteiger partial charge in [0.05, 0.1) is 6.04 Å². The highest BCUT2D eigenvalue weighted by atomic mass is 16.2. The standard InChI is InChI=1S/C16H26N2O/c1-11(2)9-18-16(19)14(5)17-10-15-8-6-7-12(3)13(15)4/h6-8,11,14,17H,9-10H2,1-5H3,(H,18,19). The van der Waals surface area contributed by atoms with Crippen molar-refractivity contribution in [1.82, 2.24) is 10.6 Å². The fraction of sp³-hybridized carbons (Fsp3) is 0.562. The summed E-state index contributed by atoms with van der Waals surface area (Å²) in [5.74, 6) is 0.550. The van der Waals surface area contributed by atoms with E-state index in [1.54, 1.807) is 0 Å². The van der Waals surface area contributed by atoms with E-state index in [0.717, 1.165) is 13.1 Å². The molecule has 3 nitrogen and oxygen atoms in total. The number of nitrogens with one attached hydrogen (secondary N) is 2. The molecule has 2 N–H and O–H groups in total. The van der Waals surface area contributed by atoms with Crippen LogP contribution in [0.25, 0.3) is 0 Å². The van der Waals surface area contributed by atoms with Crippen LogP contribution < -0.4 is 10.6 Å². The molecule has 0 heterocycles. The third-order valence-electron chi connectivity index (χ3n) is 3.39. The summed E-state index contributed by atoms with van der Waals surface area (Å²) in [6.07, 6.45) is 0. The molecule has 0 fully saturated rings. The number of aryl methyl sites for hydroxylation is 1. The SMILES string of the molecule is Cc1cccc(CNC(C)C(=O)NCC(C)C)c1C. The zero-order valence-electron chi connectivity index (χ0n) is 12.7. The molecule has 1 rings (SSSR count). The summed E-state index contributed by atoms with van der Waals surface area (Å²) in [7, 11) is 0. The molecule has 3 heteroatoms. The van der Waals surface area contributed by atoms with Gasteiger partial charge in [0.2, 0.25) is 5.91 Å². The van der Waals surface area contributed by atoms with E-state index in [2.05, 4.69) is 56.5 Å². The number of rotatable bonds is 6. The molecule has 0 aliphatic heterocycles. The minimum absolute atomic E-state index is 0.0685. The highest BCUT2D eigenvalue weighted by Gasteiger charge is 2.12. The lowest BCUT2D eigenvalue weighted by atomic mass is 10.0. The van der Waals surface area contributed by atoms with Crippen molar-refractivity contribution in [2.45, 2.75) is 47.2 Å². The van der Waals surface area contributed by atoms with Crippen LogP contribution in [0, 0.1) is 19.8 Å². The fourth-order valence-electron chi connectivity index (χ4n) is 1.82. The molecule has 1 aromatic carbocycles. The molecular weight excluding hydrogens is 236 g/mol. The van der Waals surface area contributed by atoms with Gasteiger partial charge in [0.25, 0.3) is 0 Å². The van der Waals surface area contributed by atoms with Crippen molar-refractivity contribution in [2.24, 2.45) is 5.92 Å². The van der Waals surface area contributed by atoms with Crippen LogP contribution in [0.5, 0.6) is 0 Å². The molecule has 106 valence electrons. The summed E-state index contributed by atoms with van der Waals surface area (Å²) in [6.45, 7) is 11.8. The zero-order chi connectivity index (χ0) is 14.4. The highest BCUT2D eigenvalue weighted by molar-refractivity contribution is 5.81. The van der Waals surface area contributed by atoms with E-state index in [1.807, 2.05) is 6.92 Å². The van der Waals surface area contributed by atoms with E-state index in [1.165, 1.54) is 16.7 Å². The lowest BCUT2D eigenvalue weighted by Gasteiger charge is -2.16. The minimum Gasteiger partial charge on any atom is -0.354 e. The molecule has 1 atom stereocenters. The molecule has 0 saturated heterocycles. The minimum atomic E-state index is -0.168. The maximum atomic E-state index is 11.8. The lowest BCUT2D eigenvalue weighted by molar-refractivity contribution is -0.122. The first-order valence-electron chi connectivity index (χ1n) is 6.98. The Morgan fingerprint density at radius 3 is 2.53 bits per heavy atom. The molecular formula is C16H26N2O. The average molecular weight is 262 g/mol. The first-order valence-corrected chi connectivity index (χ1v) is 6.98. The van der Waals surface area contributed by atoms with Crippen LogP contribution >= 0.6 is 0 Å². The van der Waals surface area contributed by atoms with Gasteiger partial charge in [-0.2, -0.15) is 0 Å². The number of carbonyl (C=O) groups is 1. The van der Waals surface area contributed by atoms with Crippen molar-refractivity contribution in [3.63, 3.8) is 0 Å². The Balaban J connectivity index is 2.47. The van der Waals surface area contributed by atoms with Gasteiger partial charge in [-0.1, -0.05) is 32.0 Å². The smallest absolute Gasteiger partial charge is 0.236 e. The van der Waals surface area contributed by atoms with Gasteiger partial charge in [0.15, 0.2) is 0 Å². The average Bonchev–Trinajstić information content (AvgIpc) is 2.37. The van der Waals surface area contributed by atoms with Crippen molar-refractivity contribution >= 4 is 5.91 Å². The summed E-state index contributed by atoms with van der Waals surface area (Å²) in [5.41, 5.74) is 3.84. The zero-order valence-corrected chi connectivity index (χ0v) is 12.7. The summed E-state index contributed by atoms with van der Waals surface area (Å²) in [6, 6.07) is 6.10. The Kier molecular flexibility index (Phi) is 6.03. The normalized spacial score (nSPS) is 12.5. The third-order valence-corrected chi connectivity index (χ3v) is 3.39. The van der Waals surface area contributed by atoms with Gasteiger partial charge in [0, 0.05) is 13.1 Å². The molecule has 0 radical (unpaired) electrons. The Morgan fingerprint density at radius 1 is 1.21 bits per heavy atom. The Bertz CT molecular complexity index is 427. The first kappa shape index (κ1) is 15.7. The van der Waals surface area contributed by atoms with Gasteiger partial charge in [-0.15, -0.1) is 0 Å². The van der Waals surface area contributed by atoms with E-state index in [9.17, 15) is 4.79 Å². The Hall–Kier alpha value is -1.35. The van der Waals surface area contributed by atoms with Crippen molar-refractivity contribution < 1.29 is 4.79 Å². The summed E-state index contributed by atoms with van der Waals surface area (Å²) in [5, 5.41) is 6.22. The van der Waals surface area contributed by atoms with Crippen LogP contribution in [0.3, 0.4) is 0 Å². The van der Waals surface area contributed by atoms with E-state index in [-0.39, 0.29) is 11.9 Å². The number of amides is 1. The van der Waals surface area contributed by atoms with Gasteiger partial charge in [-0.3, -0.25) is 4.79 Å². The monoisotopic (exact) mass is 262 g/mol. The van der Waals surface area contributed by atoms with Gasteiger partial charge in [-0.05, 0) is 43.4 Å². The Labute approximate surface area is 116 Å². The molecule has 0 saturated carbocycles. The second kappa shape index (κ2) is 7.29. The van der Waals surface area contributed by atoms with Crippen LogP contribution in [0.15, 0.2) is 18.2 Å². The van der Waals surface area contributed by atoms with Crippen molar-refractivity contribution in [1.29, 1.82) is 0 Å². The molecule has 0 spiro atoms. The third kappa shape index (κ3) is 5.03. The number of hydrogen-bond donors (Lipinski definition) is 2. The van der Waals surface area contributed by atoms with Crippen LogP contribution in [-0.4, -0.2) is 18.5 Å². The molecule has 0 aliphatic carbocycles. The fourth-order valence-corrected chi connectivity index (χ4v) is 1.82. The first-order chi connectivity index (χ1) is 8.91. The second-order valence-corrected chi connectivity index (χ2v) is 5.60.